The van der Waals surface area contributed by atoms with Gasteiger partial charge in [0.25, 0.3) is 0 Å². The van der Waals surface area contributed by atoms with Crippen molar-refractivity contribution in [2.24, 2.45) is 0 Å². The minimum atomic E-state index is -0.234. The highest BCUT2D eigenvalue weighted by molar-refractivity contribution is 5.75. The summed E-state index contributed by atoms with van der Waals surface area (Å²) in [5.41, 5.74) is 0. The Labute approximate surface area is 106 Å². The van der Waals surface area contributed by atoms with E-state index in [1.165, 1.54) is 6.33 Å². The van der Waals surface area contributed by atoms with Gasteiger partial charge < -0.3 is 14.4 Å². The van der Waals surface area contributed by atoms with Crippen LogP contribution in [0.3, 0.4) is 0 Å². The molecule has 6 heteroatoms. The molecule has 98 valence electrons. The van der Waals surface area contributed by atoms with Gasteiger partial charge >= 0.3 is 5.97 Å². The summed E-state index contributed by atoms with van der Waals surface area (Å²) < 4.78 is 10.0. The van der Waals surface area contributed by atoms with Gasteiger partial charge in [0.2, 0.25) is 5.88 Å². The second-order valence-electron chi connectivity index (χ2n) is 4.08. The number of esters is 1. The Bertz CT molecular complexity index is 421. The van der Waals surface area contributed by atoms with Gasteiger partial charge in [0.1, 0.15) is 18.7 Å². The number of carbonyl (C=O) groups excluding carboxylic acids is 1. The van der Waals surface area contributed by atoms with Gasteiger partial charge in [-0.2, -0.15) is 0 Å². The fraction of sp³-hybridized carbons (Fsp3) is 0.583. The quantitative estimate of drug-likeness (QED) is 0.703. The van der Waals surface area contributed by atoms with Gasteiger partial charge in [-0.25, -0.2) is 9.97 Å². The normalized spacial score (nSPS) is 14.1. The van der Waals surface area contributed by atoms with E-state index < -0.39 is 0 Å². The van der Waals surface area contributed by atoms with E-state index in [0.29, 0.717) is 24.3 Å². The maximum atomic E-state index is 11.6. The van der Waals surface area contributed by atoms with Gasteiger partial charge in [-0.1, -0.05) is 0 Å². The van der Waals surface area contributed by atoms with Crippen molar-refractivity contribution in [3.63, 3.8) is 0 Å². The molecule has 0 unspecified atom stereocenters. The van der Waals surface area contributed by atoms with Crippen molar-refractivity contribution in [3.05, 3.63) is 12.4 Å². The Morgan fingerprint density at radius 2 is 2.28 bits per heavy atom. The summed E-state index contributed by atoms with van der Waals surface area (Å²) in [6.45, 7) is 2.41. The molecular weight excluding hydrogens is 234 g/mol. The van der Waals surface area contributed by atoms with Crippen molar-refractivity contribution < 1.29 is 14.3 Å². The number of nitrogens with zero attached hydrogens (tertiary/aromatic N) is 3. The summed E-state index contributed by atoms with van der Waals surface area (Å²) in [6, 6.07) is 2.10. The van der Waals surface area contributed by atoms with Gasteiger partial charge in [0.15, 0.2) is 0 Å². The molecule has 6 nitrogen and oxygen atoms in total. The SMILES string of the molecule is CCOC(=O)CN(c1cc(OC)ncn1)C1CC1. The van der Waals surface area contributed by atoms with E-state index in [1.54, 1.807) is 20.1 Å². The Morgan fingerprint density at radius 1 is 1.50 bits per heavy atom. The zero-order valence-corrected chi connectivity index (χ0v) is 10.6. The maximum Gasteiger partial charge on any atom is 0.325 e. The molecule has 0 N–H and O–H groups in total. The van der Waals surface area contributed by atoms with Crippen LogP contribution in [-0.4, -0.2) is 42.2 Å². The van der Waals surface area contributed by atoms with E-state index in [0.717, 1.165) is 12.8 Å². The van der Waals surface area contributed by atoms with Gasteiger partial charge in [0.05, 0.1) is 13.7 Å². The first kappa shape index (κ1) is 12.6. The first-order chi connectivity index (χ1) is 8.74. The van der Waals surface area contributed by atoms with Crippen LogP contribution in [-0.2, 0) is 9.53 Å². The lowest BCUT2D eigenvalue weighted by molar-refractivity contribution is -0.141. The van der Waals surface area contributed by atoms with E-state index >= 15 is 0 Å². The predicted molar refractivity (Wildman–Crippen MR) is 65.6 cm³/mol. The van der Waals surface area contributed by atoms with E-state index in [9.17, 15) is 4.79 Å². The van der Waals surface area contributed by atoms with Crippen LogP contribution in [0, 0.1) is 0 Å². The number of hydrogen-bond acceptors (Lipinski definition) is 6. The predicted octanol–water partition coefficient (Wildman–Crippen LogP) is 1.02. The van der Waals surface area contributed by atoms with E-state index in [1.807, 2.05) is 4.90 Å². The minimum absolute atomic E-state index is 0.221. The smallest absolute Gasteiger partial charge is 0.325 e. The molecule has 0 aromatic carbocycles. The monoisotopic (exact) mass is 251 g/mol. The molecule has 0 aliphatic heterocycles. The molecule has 0 radical (unpaired) electrons. The Kier molecular flexibility index (Phi) is 3.96. The van der Waals surface area contributed by atoms with Gasteiger partial charge in [-0.3, -0.25) is 4.79 Å². The van der Waals surface area contributed by atoms with Gasteiger partial charge in [-0.05, 0) is 19.8 Å². The van der Waals surface area contributed by atoms with Crippen molar-refractivity contribution >= 4 is 11.8 Å². The van der Waals surface area contributed by atoms with Crippen LogP contribution in [0.1, 0.15) is 19.8 Å². The number of carbonyl (C=O) groups is 1. The van der Waals surface area contributed by atoms with Crippen LogP contribution in [0.15, 0.2) is 12.4 Å². The Hall–Kier alpha value is -1.85. The van der Waals surface area contributed by atoms with Crippen molar-refractivity contribution in [1.29, 1.82) is 0 Å². The van der Waals surface area contributed by atoms with Crippen LogP contribution in [0.2, 0.25) is 0 Å². The highest BCUT2D eigenvalue weighted by Crippen LogP contribution is 2.31. The van der Waals surface area contributed by atoms with Crippen LogP contribution < -0.4 is 9.64 Å². The summed E-state index contributed by atoms with van der Waals surface area (Å²) in [6.07, 6.45) is 3.59. The molecule has 1 aliphatic rings. The van der Waals surface area contributed by atoms with Crippen molar-refractivity contribution in [1.82, 2.24) is 9.97 Å². The molecule has 0 amide bonds. The third-order valence-electron chi connectivity index (χ3n) is 2.72. The van der Waals surface area contributed by atoms with Crippen LogP contribution in [0.5, 0.6) is 5.88 Å². The highest BCUT2D eigenvalue weighted by Gasteiger charge is 2.32. The fourth-order valence-corrected chi connectivity index (χ4v) is 1.73. The average molecular weight is 251 g/mol. The first-order valence-corrected chi connectivity index (χ1v) is 6.03. The molecule has 0 atom stereocenters. The lowest BCUT2D eigenvalue weighted by atomic mass is 10.4. The van der Waals surface area contributed by atoms with E-state index in [2.05, 4.69) is 9.97 Å². The molecule has 0 bridgehead atoms. The van der Waals surface area contributed by atoms with E-state index in [-0.39, 0.29) is 12.5 Å². The molecule has 0 saturated heterocycles. The van der Waals surface area contributed by atoms with Crippen LogP contribution >= 0.6 is 0 Å². The molecule has 1 heterocycles. The summed E-state index contributed by atoms with van der Waals surface area (Å²) in [7, 11) is 1.55. The Balaban J connectivity index is 2.11. The number of hydrogen-bond donors (Lipinski definition) is 0. The number of aromatic nitrogens is 2. The van der Waals surface area contributed by atoms with E-state index in [4.69, 9.17) is 9.47 Å². The summed E-state index contributed by atoms with van der Waals surface area (Å²) >= 11 is 0. The zero-order chi connectivity index (χ0) is 13.0. The van der Waals surface area contributed by atoms with Gasteiger partial charge in [-0.15, -0.1) is 0 Å². The standard InChI is InChI=1S/C12H17N3O3/c1-3-18-12(16)7-15(9-4-5-9)10-6-11(17-2)14-8-13-10/h6,8-9H,3-5,7H2,1-2H3. The third-order valence-corrected chi connectivity index (χ3v) is 2.72. The number of rotatable bonds is 6. The van der Waals surface area contributed by atoms with Crippen molar-refractivity contribution in [2.45, 2.75) is 25.8 Å². The molecule has 2 rings (SSSR count). The molecule has 1 saturated carbocycles. The number of methoxy groups -OCH3 is 1. The summed E-state index contributed by atoms with van der Waals surface area (Å²) in [4.78, 5) is 21.7. The van der Waals surface area contributed by atoms with Crippen LogP contribution in [0.4, 0.5) is 5.82 Å². The van der Waals surface area contributed by atoms with Crippen LogP contribution in [0.25, 0.3) is 0 Å². The number of ether oxygens (including phenoxy) is 2. The zero-order valence-electron chi connectivity index (χ0n) is 10.6. The van der Waals surface area contributed by atoms with Crippen molar-refractivity contribution in [2.75, 3.05) is 25.2 Å². The second kappa shape index (κ2) is 5.66. The van der Waals surface area contributed by atoms with Gasteiger partial charge in [0, 0.05) is 12.1 Å². The Morgan fingerprint density at radius 3 is 2.89 bits per heavy atom. The fourth-order valence-electron chi connectivity index (χ4n) is 1.73. The molecule has 1 aromatic rings. The molecular formula is C12H17N3O3. The molecule has 1 fully saturated rings. The lowest BCUT2D eigenvalue weighted by Crippen LogP contribution is -2.33. The third kappa shape index (κ3) is 3.09. The maximum absolute atomic E-state index is 11.6. The largest absolute Gasteiger partial charge is 0.481 e. The first-order valence-electron chi connectivity index (χ1n) is 6.03. The average Bonchev–Trinajstić information content (AvgIpc) is 3.20. The minimum Gasteiger partial charge on any atom is -0.481 e. The topological polar surface area (TPSA) is 64.5 Å². The molecule has 1 aromatic heterocycles. The second-order valence-corrected chi connectivity index (χ2v) is 4.08. The molecule has 0 spiro atoms. The molecule has 18 heavy (non-hydrogen) atoms. The summed E-state index contributed by atoms with van der Waals surface area (Å²) in [5, 5.41) is 0. The lowest BCUT2D eigenvalue weighted by Gasteiger charge is -2.22. The molecule has 1 aliphatic carbocycles. The highest BCUT2D eigenvalue weighted by atomic mass is 16.5. The van der Waals surface area contributed by atoms with Crippen molar-refractivity contribution in [3.8, 4) is 5.88 Å². The number of anilines is 1. The summed E-state index contributed by atoms with van der Waals surface area (Å²) in [5.74, 6) is 0.967.